The Labute approximate surface area is 133 Å². The highest BCUT2D eigenvalue weighted by atomic mass is 16.5. The number of anilines is 1. The third-order valence-corrected chi connectivity index (χ3v) is 3.19. The Kier molecular flexibility index (Phi) is 9.07. The maximum Gasteiger partial charge on any atom is 0.241 e. The zero-order valence-corrected chi connectivity index (χ0v) is 13.9. The van der Waals surface area contributed by atoms with Crippen LogP contribution in [0.15, 0.2) is 24.3 Å². The number of benzene rings is 1. The number of nitrogens with one attached hydrogen (secondary N) is 1. The number of nitrogens with zero attached hydrogens (tertiary/aromatic N) is 1. The van der Waals surface area contributed by atoms with Crippen molar-refractivity contribution >= 4 is 11.6 Å². The van der Waals surface area contributed by atoms with E-state index in [9.17, 15) is 4.79 Å². The highest BCUT2D eigenvalue weighted by molar-refractivity contribution is 5.80. The number of hydrogen-bond acceptors (Lipinski definition) is 4. The first-order valence-electron chi connectivity index (χ1n) is 7.94. The Morgan fingerprint density at radius 1 is 1.09 bits per heavy atom. The molecule has 0 aromatic heterocycles. The van der Waals surface area contributed by atoms with E-state index in [-0.39, 0.29) is 5.91 Å². The average molecular weight is 308 g/mol. The van der Waals surface area contributed by atoms with Crippen molar-refractivity contribution in [2.24, 2.45) is 0 Å². The highest BCUT2D eigenvalue weighted by Crippen LogP contribution is 2.15. The van der Waals surface area contributed by atoms with Gasteiger partial charge in [0.15, 0.2) is 0 Å². The van der Waals surface area contributed by atoms with Gasteiger partial charge in [-0.2, -0.15) is 0 Å². The van der Waals surface area contributed by atoms with Crippen LogP contribution in [-0.2, 0) is 9.53 Å². The summed E-state index contributed by atoms with van der Waals surface area (Å²) in [5.41, 5.74) is 0.917. The molecule has 0 unspecified atom stereocenters. The molecule has 0 heterocycles. The second-order valence-electron chi connectivity index (χ2n) is 5.10. The lowest BCUT2D eigenvalue weighted by atomic mass is 10.3. The molecule has 5 nitrogen and oxygen atoms in total. The molecule has 0 aliphatic heterocycles. The third kappa shape index (κ3) is 6.80. The van der Waals surface area contributed by atoms with Crippen molar-refractivity contribution < 1.29 is 14.3 Å². The Balaban J connectivity index is 2.41. The molecule has 5 heteroatoms. The van der Waals surface area contributed by atoms with E-state index in [0.717, 1.165) is 37.4 Å². The lowest BCUT2D eigenvalue weighted by Gasteiger charge is -2.21. The summed E-state index contributed by atoms with van der Waals surface area (Å²) in [6.45, 7) is 7.24. The molecular weight excluding hydrogens is 280 g/mol. The van der Waals surface area contributed by atoms with Crippen molar-refractivity contribution in [1.29, 1.82) is 0 Å². The minimum Gasteiger partial charge on any atom is -0.491 e. The summed E-state index contributed by atoms with van der Waals surface area (Å²) < 4.78 is 10.4. The van der Waals surface area contributed by atoms with Crippen molar-refractivity contribution in [2.45, 2.75) is 26.7 Å². The SMILES string of the molecule is CCCN(CCC)C(=O)CNc1ccc(OCCOC)cc1. The zero-order valence-electron chi connectivity index (χ0n) is 13.9. The topological polar surface area (TPSA) is 50.8 Å². The van der Waals surface area contributed by atoms with E-state index >= 15 is 0 Å². The van der Waals surface area contributed by atoms with Crippen molar-refractivity contribution in [3.05, 3.63) is 24.3 Å². The van der Waals surface area contributed by atoms with Crippen LogP contribution in [0.25, 0.3) is 0 Å². The summed E-state index contributed by atoms with van der Waals surface area (Å²) in [6, 6.07) is 7.61. The molecular formula is C17H28N2O3. The van der Waals surface area contributed by atoms with Crippen LogP contribution in [0.1, 0.15) is 26.7 Å². The van der Waals surface area contributed by atoms with Gasteiger partial charge in [0.05, 0.1) is 13.2 Å². The maximum atomic E-state index is 12.2. The molecule has 0 aliphatic rings. The highest BCUT2D eigenvalue weighted by Gasteiger charge is 2.10. The number of carbonyl (C=O) groups excluding carboxylic acids is 1. The predicted molar refractivity (Wildman–Crippen MR) is 89.5 cm³/mol. The predicted octanol–water partition coefficient (Wildman–Crippen LogP) is 2.77. The molecule has 0 aliphatic carbocycles. The van der Waals surface area contributed by atoms with Crippen LogP contribution in [0, 0.1) is 0 Å². The van der Waals surface area contributed by atoms with Gasteiger partial charge < -0.3 is 19.7 Å². The summed E-state index contributed by atoms with van der Waals surface area (Å²) in [5.74, 6) is 0.941. The number of methoxy groups -OCH3 is 1. The van der Waals surface area contributed by atoms with Crippen LogP contribution in [0.2, 0.25) is 0 Å². The maximum absolute atomic E-state index is 12.2. The van der Waals surface area contributed by atoms with Crippen LogP contribution >= 0.6 is 0 Å². The molecule has 0 saturated carbocycles. The smallest absolute Gasteiger partial charge is 0.241 e. The van der Waals surface area contributed by atoms with Crippen molar-refractivity contribution in [1.82, 2.24) is 4.90 Å². The number of hydrogen-bond donors (Lipinski definition) is 1. The fourth-order valence-corrected chi connectivity index (χ4v) is 2.10. The quantitative estimate of drug-likeness (QED) is 0.639. The number of carbonyl (C=O) groups is 1. The Hall–Kier alpha value is -1.75. The van der Waals surface area contributed by atoms with Gasteiger partial charge >= 0.3 is 0 Å². The largest absolute Gasteiger partial charge is 0.491 e. The van der Waals surface area contributed by atoms with E-state index in [4.69, 9.17) is 9.47 Å². The lowest BCUT2D eigenvalue weighted by Crippen LogP contribution is -2.36. The van der Waals surface area contributed by atoms with Gasteiger partial charge in [0, 0.05) is 25.9 Å². The first kappa shape index (κ1) is 18.3. The van der Waals surface area contributed by atoms with Crippen LogP contribution in [0.3, 0.4) is 0 Å². The van der Waals surface area contributed by atoms with E-state index in [2.05, 4.69) is 19.2 Å². The van der Waals surface area contributed by atoms with Crippen LogP contribution < -0.4 is 10.1 Å². The summed E-state index contributed by atoms with van der Waals surface area (Å²) in [6.07, 6.45) is 1.97. The van der Waals surface area contributed by atoms with Gasteiger partial charge in [-0.15, -0.1) is 0 Å². The van der Waals surface area contributed by atoms with Gasteiger partial charge in [0.1, 0.15) is 12.4 Å². The minimum absolute atomic E-state index is 0.143. The lowest BCUT2D eigenvalue weighted by molar-refractivity contribution is -0.129. The average Bonchev–Trinajstić information content (AvgIpc) is 2.54. The Bertz CT molecular complexity index is 414. The summed E-state index contributed by atoms with van der Waals surface area (Å²) >= 11 is 0. The van der Waals surface area contributed by atoms with Crippen molar-refractivity contribution in [3.63, 3.8) is 0 Å². The van der Waals surface area contributed by atoms with Crippen LogP contribution in [-0.4, -0.2) is 50.8 Å². The number of rotatable bonds is 11. The molecule has 0 bridgehead atoms. The second kappa shape index (κ2) is 10.9. The summed E-state index contributed by atoms with van der Waals surface area (Å²) in [4.78, 5) is 14.1. The molecule has 1 aromatic rings. The molecule has 0 fully saturated rings. The molecule has 0 spiro atoms. The fraction of sp³-hybridized carbons (Fsp3) is 0.588. The van der Waals surface area contributed by atoms with Crippen LogP contribution in [0.4, 0.5) is 5.69 Å². The van der Waals surface area contributed by atoms with E-state index < -0.39 is 0 Å². The summed E-state index contributed by atoms with van der Waals surface area (Å²) in [5, 5.41) is 3.16. The zero-order chi connectivity index (χ0) is 16.2. The van der Waals surface area contributed by atoms with Gasteiger partial charge in [-0.3, -0.25) is 4.79 Å². The molecule has 0 saturated heterocycles. The van der Waals surface area contributed by atoms with E-state index in [1.54, 1.807) is 7.11 Å². The number of ether oxygens (including phenoxy) is 2. The molecule has 1 aromatic carbocycles. The van der Waals surface area contributed by atoms with Gasteiger partial charge in [0.25, 0.3) is 0 Å². The van der Waals surface area contributed by atoms with Gasteiger partial charge in [-0.05, 0) is 37.1 Å². The Morgan fingerprint density at radius 2 is 1.73 bits per heavy atom. The Morgan fingerprint density at radius 3 is 2.27 bits per heavy atom. The van der Waals surface area contributed by atoms with Crippen molar-refractivity contribution in [3.8, 4) is 5.75 Å². The van der Waals surface area contributed by atoms with Crippen molar-refractivity contribution in [2.75, 3.05) is 45.3 Å². The molecule has 1 rings (SSSR count). The van der Waals surface area contributed by atoms with E-state index in [1.807, 2.05) is 29.2 Å². The van der Waals surface area contributed by atoms with E-state index in [1.165, 1.54) is 0 Å². The van der Waals surface area contributed by atoms with E-state index in [0.29, 0.717) is 19.8 Å². The monoisotopic (exact) mass is 308 g/mol. The van der Waals surface area contributed by atoms with Gasteiger partial charge in [-0.1, -0.05) is 13.8 Å². The third-order valence-electron chi connectivity index (χ3n) is 3.19. The molecule has 1 amide bonds. The molecule has 1 N–H and O–H groups in total. The standard InChI is InChI=1S/C17H28N2O3/c1-4-10-19(11-5-2)17(20)14-18-15-6-8-16(9-7-15)22-13-12-21-3/h6-9,18H,4-5,10-14H2,1-3H3. The first-order valence-corrected chi connectivity index (χ1v) is 7.94. The molecule has 0 atom stereocenters. The van der Waals surface area contributed by atoms with Crippen LogP contribution in [0.5, 0.6) is 5.75 Å². The molecule has 0 radical (unpaired) electrons. The summed E-state index contributed by atoms with van der Waals surface area (Å²) in [7, 11) is 1.65. The first-order chi connectivity index (χ1) is 10.7. The fourth-order valence-electron chi connectivity index (χ4n) is 2.10. The molecule has 22 heavy (non-hydrogen) atoms. The normalized spacial score (nSPS) is 10.3. The van der Waals surface area contributed by atoms with Gasteiger partial charge in [0.2, 0.25) is 5.91 Å². The minimum atomic E-state index is 0.143. The second-order valence-corrected chi connectivity index (χ2v) is 5.10. The molecule has 124 valence electrons. The van der Waals surface area contributed by atoms with Gasteiger partial charge in [-0.25, -0.2) is 0 Å². The number of amides is 1.